The Bertz CT molecular complexity index is 709. The normalized spacial score (nSPS) is 15.8. The van der Waals surface area contributed by atoms with Gasteiger partial charge in [0.2, 0.25) is 0 Å². The van der Waals surface area contributed by atoms with Crippen LogP contribution in [-0.4, -0.2) is 45.5 Å². The number of methoxy groups -OCH3 is 1. The largest absolute Gasteiger partial charge is 0.497 e. The molecule has 1 atom stereocenters. The van der Waals surface area contributed by atoms with Crippen molar-refractivity contribution < 1.29 is 14.6 Å². The first-order chi connectivity index (χ1) is 11.6. The van der Waals surface area contributed by atoms with Crippen LogP contribution in [0, 0.1) is 0 Å². The van der Waals surface area contributed by atoms with E-state index >= 15 is 0 Å². The molecule has 0 fully saturated rings. The van der Waals surface area contributed by atoms with E-state index in [9.17, 15) is 4.79 Å². The van der Waals surface area contributed by atoms with Gasteiger partial charge in [0.1, 0.15) is 5.75 Å². The third kappa shape index (κ3) is 3.59. The Morgan fingerprint density at radius 2 is 2.08 bits per heavy atom. The van der Waals surface area contributed by atoms with E-state index in [1.165, 1.54) is 5.56 Å². The van der Waals surface area contributed by atoms with Gasteiger partial charge in [-0.2, -0.15) is 5.10 Å². The monoisotopic (exact) mass is 329 g/mol. The lowest BCUT2D eigenvalue weighted by Gasteiger charge is -2.32. The quantitative estimate of drug-likeness (QED) is 0.881. The summed E-state index contributed by atoms with van der Waals surface area (Å²) in [6.45, 7) is 4.63. The number of aryl methyl sites for hydroxylation is 1. The van der Waals surface area contributed by atoms with Crippen LogP contribution in [0.2, 0.25) is 0 Å². The summed E-state index contributed by atoms with van der Waals surface area (Å²) in [6.07, 6.45) is 2.08. The first-order valence-electron chi connectivity index (χ1n) is 8.24. The van der Waals surface area contributed by atoms with E-state index in [0.717, 1.165) is 43.9 Å². The number of aromatic nitrogens is 2. The number of benzene rings is 1. The second-order valence-electron chi connectivity index (χ2n) is 6.26. The Morgan fingerprint density at radius 1 is 1.33 bits per heavy atom. The molecule has 1 aliphatic heterocycles. The Hall–Kier alpha value is -2.34. The molecule has 6 nitrogen and oxygen atoms in total. The summed E-state index contributed by atoms with van der Waals surface area (Å²) in [4.78, 5) is 13.4. The molecule has 128 valence electrons. The summed E-state index contributed by atoms with van der Waals surface area (Å²) >= 11 is 0. The molecule has 0 aliphatic carbocycles. The van der Waals surface area contributed by atoms with Crippen molar-refractivity contribution >= 4 is 5.97 Å². The molecule has 0 spiro atoms. The molecule has 6 heteroatoms. The molecule has 1 aromatic carbocycles. The average Bonchev–Trinajstić information content (AvgIpc) is 3.03. The van der Waals surface area contributed by atoms with Crippen molar-refractivity contribution in [2.45, 2.75) is 38.9 Å². The second-order valence-corrected chi connectivity index (χ2v) is 6.26. The number of hydrogen-bond donors (Lipinski definition) is 1. The van der Waals surface area contributed by atoms with Crippen molar-refractivity contribution in [3.05, 3.63) is 47.3 Å². The van der Waals surface area contributed by atoms with Gasteiger partial charge in [0.05, 0.1) is 19.3 Å². The maximum Gasteiger partial charge on any atom is 0.356 e. The number of aromatic carboxylic acids is 1. The molecule has 0 bridgehead atoms. The highest BCUT2D eigenvalue weighted by molar-refractivity contribution is 5.85. The predicted molar refractivity (Wildman–Crippen MR) is 90.4 cm³/mol. The molecule has 2 heterocycles. The molecule has 1 aromatic heterocycles. The maximum absolute atomic E-state index is 11.0. The van der Waals surface area contributed by atoms with Crippen molar-refractivity contribution in [3.8, 4) is 5.75 Å². The van der Waals surface area contributed by atoms with Crippen LogP contribution in [-0.2, 0) is 19.5 Å². The van der Waals surface area contributed by atoms with Gasteiger partial charge in [-0.15, -0.1) is 0 Å². The van der Waals surface area contributed by atoms with Crippen LogP contribution in [0.1, 0.15) is 35.1 Å². The molecule has 0 amide bonds. The third-order valence-electron chi connectivity index (χ3n) is 4.68. The number of rotatable bonds is 6. The molecule has 0 saturated carbocycles. The van der Waals surface area contributed by atoms with E-state index in [0.29, 0.717) is 6.04 Å². The van der Waals surface area contributed by atoms with Gasteiger partial charge in [0.15, 0.2) is 5.69 Å². The fourth-order valence-electron chi connectivity index (χ4n) is 3.12. The Labute approximate surface area is 141 Å². The standard InChI is InChI=1S/C18H23N3O3/c1-13(3-4-14-5-7-16(24-2)8-6-14)20-9-10-21-15(12-20)11-17(19-21)18(22)23/h5-8,11,13H,3-4,9-10,12H2,1-2H3,(H,22,23)/t13-/m1/s1. The van der Waals surface area contributed by atoms with E-state index in [2.05, 4.69) is 29.1 Å². The van der Waals surface area contributed by atoms with E-state index in [-0.39, 0.29) is 5.69 Å². The zero-order valence-corrected chi connectivity index (χ0v) is 14.1. The van der Waals surface area contributed by atoms with Crippen LogP contribution in [0.3, 0.4) is 0 Å². The number of fused-ring (bicyclic) bond motifs is 1. The van der Waals surface area contributed by atoms with Crippen molar-refractivity contribution in [1.29, 1.82) is 0 Å². The van der Waals surface area contributed by atoms with Crippen LogP contribution in [0.4, 0.5) is 0 Å². The zero-order valence-electron chi connectivity index (χ0n) is 14.1. The number of carboxylic acids is 1. The van der Waals surface area contributed by atoms with Gasteiger partial charge in [-0.1, -0.05) is 12.1 Å². The van der Waals surface area contributed by atoms with Gasteiger partial charge in [-0.3, -0.25) is 9.58 Å². The molecule has 2 aromatic rings. The summed E-state index contributed by atoms with van der Waals surface area (Å²) in [5.74, 6) is -0.0821. The molecule has 24 heavy (non-hydrogen) atoms. The highest BCUT2D eigenvalue weighted by atomic mass is 16.5. The molecule has 0 unspecified atom stereocenters. The second kappa shape index (κ2) is 7.05. The lowest BCUT2D eigenvalue weighted by atomic mass is 10.0. The summed E-state index contributed by atoms with van der Waals surface area (Å²) in [6, 6.07) is 10.3. The highest BCUT2D eigenvalue weighted by Gasteiger charge is 2.23. The van der Waals surface area contributed by atoms with E-state index < -0.39 is 5.97 Å². The van der Waals surface area contributed by atoms with Crippen molar-refractivity contribution in [3.63, 3.8) is 0 Å². The van der Waals surface area contributed by atoms with Gasteiger partial charge in [-0.05, 0) is 43.5 Å². The van der Waals surface area contributed by atoms with E-state index in [4.69, 9.17) is 9.84 Å². The van der Waals surface area contributed by atoms with Crippen LogP contribution >= 0.6 is 0 Å². The summed E-state index contributed by atoms with van der Waals surface area (Å²) in [5.41, 5.74) is 2.42. The van der Waals surface area contributed by atoms with Crippen LogP contribution in [0.15, 0.2) is 30.3 Å². The van der Waals surface area contributed by atoms with Crippen LogP contribution in [0.25, 0.3) is 0 Å². The Kier molecular flexibility index (Phi) is 4.85. The molecule has 0 saturated heterocycles. The number of carboxylic acid groups (broad SMARTS) is 1. The maximum atomic E-state index is 11.0. The summed E-state index contributed by atoms with van der Waals surface area (Å²) in [5, 5.41) is 13.2. The van der Waals surface area contributed by atoms with Gasteiger partial charge >= 0.3 is 5.97 Å². The molecule has 1 N–H and O–H groups in total. The van der Waals surface area contributed by atoms with Gasteiger partial charge in [0.25, 0.3) is 0 Å². The fraction of sp³-hybridized carbons (Fsp3) is 0.444. The first-order valence-corrected chi connectivity index (χ1v) is 8.24. The molecular formula is C18H23N3O3. The number of carbonyl (C=O) groups is 1. The minimum absolute atomic E-state index is 0.137. The van der Waals surface area contributed by atoms with Crippen molar-refractivity contribution in [2.75, 3.05) is 13.7 Å². The Morgan fingerprint density at radius 3 is 2.75 bits per heavy atom. The summed E-state index contributed by atoms with van der Waals surface area (Å²) in [7, 11) is 1.67. The Balaban J connectivity index is 1.57. The van der Waals surface area contributed by atoms with Crippen LogP contribution < -0.4 is 4.74 Å². The molecule has 3 rings (SSSR count). The van der Waals surface area contributed by atoms with Gasteiger partial charge in [0, 0.05) is 19.1 Å². The van der Waals surface area contributed by atoms with Crippen LogP contribution in [0.5, 0.6) is 5.75 Å². The van der Waals surface area contributed by atoms with Gasteiger partial charge < -0.3 is 9.84 Å². The topological polar surface area (TPSA) is 67.6 Å². The predicted octanol–water partition coefficient (Wildman–Crippen LogP) is 2.43. The van der Waals surface area contributed by atoms with E-state index in [1.807, 2.05) is 16.8 Å². The molecule has 0 radical (unpaired) electrons. The number of nitrogens with zero attached hydrogens (tertiary/aromatic N) is 3. The minimum atomic E-state index is -0.962. The third-order valence-corrected chi connectivity index (χ3v) is 4.68. The lowest BCUT2D eigenvalue weighted by molar-refractivity contribution is 0.0689. The van der Waals surface area contributed by atoms with Crippen molar-refractivity contribution in [1.82, 2.24) is 14.7 Å². The molecule has 1 aliphatic rings. The summed E-state index contributed by atoms with van der Waals surface area (Å²) < 4.78 is 7.00. The minimum Gasteiger partial charge on any atom is -0.497 e. The smallest absolute Gasteiger partial charge is 0.356 e. The fourth-order valence-corrected chi connectivity index (χ4v) is 3.12. The number of ether oxygens (including phenoxy) is 1. The van der Waals surface area contributed by atoms with Crippen molar-refractivity contribution in [2.24, 2.45) is 0 Å². The van der Waals surface area contributed by atoms with E-state index in [1.54, 1.807) is 13.2 Å². The zero-order chi connectivity index (χ0) is 17.1. The highest BCUT2D eigenvalue weighted by Crippen LogP contribution is 2.19. The lowest BCUT2D eigenvalue weighted by Crippen LogP contribution is -2.40. The number of hydrogen-bond acceptors (Lipinski definition) is 4. The average molecular weight is 329 g/mol. The first kappa shape index (κ1) is 16.5. The molecular weight excluding hydrogens is 306 g/mol. The SMILES string of the molecule is COc1ccc(CC[C@@H](C)N2CCn3nc(C(=O)O)cc3C2)cc1. The van der Waals surface area contributed by atoms with Gasteiger partial charge in [-0.25, -0.2) is 4.79 Å².